The summed E-state index contributed by atoms with van der Waals surface area (Å²) in [4.78, 5) is 25.5. The molecule has 2 N–H and O–H groups in total. The standard InChI is InChI=1S/C22H17NO3/c24-19(12-22(26)17-6-1-2-7-18(17)23-21(22)25)15-11-10-14-9-8-13-4-3-5-16(15)20(13)14/h1-7,10-11,26H,8-9,12H2,(H,23,25)/t22-/m0/s1. The number of aliphatic hydroxyl groups is 1. The molecule has 1 atom stereocenters. The molecular weight excluding hydrogens is 326 g/mol. The first-order valence-electron chi connectivity index (χ1n) is 8.78. The van der Waals surface area contributed by atoms with Gasteiger partial charge in [-0.05, 0) is 40.8 Å². The molecule has 1 amide bonds. The van der Waals surface area contributed by atoms with Crippen LogP contribution in [0.2, 0.25) is 0 Å². The second-order valence-corrected chi connectivity index (χ2v) is 7.07. The van der Waals surface area contributed by atoms with Crippen LogP contribution in [0.1, 0.15) is 33.5 Å². The molecular formula is C22H17NO3. The number of aryl methyl sites for hydroxylation is 2. The van der Waals surface area contributed by atoms with Crippen molar-refractivity contribution < 1.29 is 14.7 Å². The lowest BCUT2D eigenvalue weighted by Crippen LogP contribution is -2.36. The number of benzene rings is 3. The van der Waals surface area contributed by atoms with E-state index in [0.29, 0.717) is 16.8 Å². The number of carbonyl (C=O) groups is 2. The Morgan fingerprint density at radius 1 is 1.00 bits per heavy atom. The monoisotopic (exact) mass is 343 g/mol. The van der Waals surface area contributed by atoms with Crippen LogP contribution in [-0.4, -0.2) is 16.8 Å². The Kier molecular flexibility index (Phi) is 3.09. The van der Waals surface area contributed by atoms with E-state index in [2.05, 4.69) is 11.4 Å². The van der Waals surface area contributed by atoms with Gasteiger partial charge in [0.05, 0.1) is 6.42 Å². The second kappa shape index (κ2) is 5.26. The predicted octanol–water partition coefficient (Wildman–Crippen LogP) is 3.35. The molecule has 0 spiro atoms. The third-order valence-electron chi connectivity index (χ3n) is 5.59. The van der Waals surface area contributed by atoms with Crippen molar-refractivity contribution in [2.24, 2.45) is 0 Å². The van der Waals surface area contributed by atoms with Crippen LogP contribution in [0.25, 0.3) is 10.8 Å². The minimum atomic E-state index is -1.82. The van der Waals surface area contributed by atoms with Gasteiger partial charge in [0.2, 0.25) is 0 Å². The van der Waals surface area contributed by atoms with E-state index in [-0.39, 0.29) is 12.2 Å². The fourth-order valence-corrected chi connectivity index (χ4v) is 4.29. The van der Waals surface area contributed by atoms with Crippen molar-refractivity contribution in [3.8, 4) is 0 Å². The Labute approximate surface area is 150 Å². The van der Waals surface area contributed by atoms with E-state index < -0.39 is 11.5 Å². The van der Waals surface area contributed by atoms with Crippen molar-refractivity contribution in [3.63, 3.8) is 0 Å². The summed E-state index contributed by atoms with van der Waals surface area (Å²) in [5.74, 6) is -0.770. The van der Waals surface area contributed by atoms with Crippen LogP contribution in [0.3, 0.4) is 0 Å². The highest BCUT2D eigenvalue weighted by molar-refractivity contribution is 6.14. The summed E-state index contributed by atoms with van der Waals surface area (Å²) < 4.78 is 0. The van der Waals surface area contributed by atoms with Crippen LogP contribution in [0.5, 0.6) is 0 Å². The van der Waals surface area contributed by atoms with E-state index in [1.54, 1.807) is 24.3 Å². The molecule has 0 bridgehead atoms. The molecule has 1 aliphatic heterocycles. The number of para-hydroxylation sites is 1. The molecule has 0 aromatic heterocycles. The molecule has 2 aliphatic rings. The minimum Gasteiger partial charge on any atom is -0.375 e. The van der Waals surface area contributed by atoms with Gasteiger partial charge >= 0.3 is 0 Å². The maximum atomic E-state index is 13.1. The second-order valence-electron chi connectivity index (χ2n) is 7.07. The SMILES string of the molecule is O=C(C[C@@]1(O)C(=O)Nc2ccccc21)c1ccc2c3c(cccc13)CC2. The lowest BCUT2D eigenvalue weighted by molar-refractivity contribution is -0.133. The van der Waals surface area contributed by atoms with Gasteiger partial charge in [-0.25, -0.2) is 0 Å². The maximum Gasteiger partial charge on any atom is 0.261 e. The number of ketones is 1. The van der Waals surface area contributed by atoms with Crippen molar-refractivity contribution in [1.82, 2.24) is 0 Å². The first-order valence-corrected chi connectivity index (χ1v) is 8.78. The van der Waals surface area contributed by atoms with Gasteiger partial charge in [-0.15, -0.1) is 0 Å². The number of hydrogen-bond donors (Lipinski definition) is 2. The summed E-state index contributed by atoms with van der Waals surface area (Å²) in [5.41, 5.74) is 2.29. The van der Waals surface area contributed by atoms with E-state index in [4.69, 9.17) is 0 Å². The minimum absolute atomic E-state index is 0.227. The highest BCUT2D eigenvalue weighted by Crippen LogP contribution is 2.40. The molecule has 5 rings (SSSR count). The van der Waals surface area contributed by atoms with Crippen LogP contribution in [0.15, 0.2) is 54.6 Å². The number of Topliss-reactive ketones (excluding diaryl/α,β-unsaturated/α-hetero) is 1. The molecule has 0 fully saturated rings. The molecule has 128 valence electrons. The third kappa shape index (κ3) is 1.99. The molecule has 0 radical (unpaired) electrons. The number of hydrogen-bond acceptors (Lipinski definition) is 3. The zero-order chi connectivity index (χ0) is 17.9. The molecule has 0 unspecified atom stereocenters. The van der Waals surface area contributed by atoms with E-state index in [0.717, 1.165) is 23.6 Å². The summed E-state index contributed by atoms with van der Waals surface area (Å²) in [6.07, 6.45) is 1.71. The van der Waals surface area contributed by atoms with Crippen molar-refractivity contribution in [2.75, 3.05) is 5.32 Å². The molecule has 3 aromatic carbocycles. The van der Waals surface area contributed by atoms with Crippen molar-refractivity contribution in [1.29, 1.82) is 0 Å². The lowest BCUT2D eigenvalue weighted by Gasteiger charge is -2.20. The van der Waals surface area contributed by atoms with Gasteiger partial charge in [0.25, 0.3) is 5.91 Å². The fraction of sp³-hybridized carbons (Fsp3) is 0.182. The summed E-state index contributed by atoms with van der Waals surface area (Å²) in [5, 5.41) is 15.7. The summed E-state index contributed by atoms with van der Waals surface area (Å²) in [7, 11) is 0. The van der Waals surface area contributed by atoms with Gasteiger partial charge in [-0.1, -0.05) is 48.5 Å². The lowest BCUT2D eigenvalue weighted by atomic mass is 9.86. The van der Waals surface area contributed by atoms with Crippen LogP contribution in [0.4, 0.5) is 5.69 Å². The average molecular weight is 343 g/mol. The molecule has 1 aliphatic carbocycles. The molecule has 4 nitrogen and oxygen atoms in total. The zero-order valence-electron chi connectivity index (χ0n) is 14.1. The number of rotatable bonds is 3. The first-order chi connectivity index (χ1) is 12.6. The van der Waals surface area contributed by atoms with Crippen LogP contribution in [-0.2, 0) is 23.2 Å². The van der Waals surface area contributed by atoms with E-state index in [1.165, 1.54) is 11.1 Å². The van der Waals surface area contributed by atoms with Gasteiger partial charge in [0.1, 0.15) is 0 Å². The quantitative estimate of drug-likeness (QED) is 0.717. The number of carbonyl (C=O) groups excluding carboxylic acids is 2. The van der Waals surface area contributed by atoms with E-state index >= 15 is 0 Å². The van der Waals surface area contributed by atoms with Crippen molar-refractivity contribution in [2.45, 2.75) is 24.9 Å². The van der Waals surface area contributed by atoms with Crippen molar-refractivity contribution in [3.05, 3.63) is 76.9 Å². The van der Waals surface area contributed by atoms with Gasteiger partial charge < -0.3 is 10.4 Å². The Morgan fingerprint density at radius 2 is 1.77 bits per heavy atom. The largest absolute Gasteiger partial charge is 0.375 e. The highest BCUT2D eigenvalue weighted by atomic mass is 16.3. The van der Waals surface area contributed by atoms with Crippen LogP contribution >= 0.6 is 0 Å². The third-order valence-corrected chi connectivity index (χ3v) is 5.59. The van der Waals surface area contributed by atoms with Crippen LogP contribution in [0, 0.1) is 0 Å². The fourth-order valence-electron chi connectivity index (χ4n) is 4.29. The number of anilines is 1. The average Bonchev–Trinajstić information content (AvgIpc) is 3.17. The Morgan fingerprint density at radius 3 is 2.62 bits per heavy atom. The highest BCUT2D eigenvalue weighted by Gasteiger charge is 2.46. The summed E-state index contributed by atoms with van der Waals surface area (Å²) >= 11 is 0. The molecule has 4 heteroatoms. The predicted molar refractivity (Wildman–Crippen MR) is 99.3 cm³/mol. The van der Waals surface area contributed by atoms with Gasteiger partial charge in [-0.3, -0.25) is 9.59 Å². The smallest absolute Gasteiger partial charge is 0.261 e. The first kappa shape index (κ1) is 15.3. The van der Waals surface area contributed by atoms with Crippen molar-refractivity contribution >= 4 is 28.2 Å². The summed E-state index contributed by atoms with van der Waals surface area (Å²) in [6, 6.07) is 16.8. The molecule has 3 aromatic rings. The molecule has 0 saturated carbocycles. The van der Waals surface area contributed by atoms with E-state index in [1.807, 2.05) is 24.3 Å². The normalized spacial score (nSPS) is 20.3. The van der Waals surface area contributed by atoms with Gasteiger partial charge in [0, 0.05) is 16.8 Å². The molecule has 26 heavy (non-hydrogen) atoms. The Hall–Kier alpha value is -2.98. The summed E-state index contributed by atoms with van der Waals surface area (Å²) in [6.45, 7) is 0. The van der Waals surface area contributed by atoms with Gasteiger partial charge in [0.15, 0.2) is 11.4 Å². The van der Waals surface area contributed by atoms with E-state index in [9.17, 15) is 14.7 Å². The topological polar surface area (TPSA) is 66.4 Å². The number of fused-ring (bicyclic) bond motifs is 1. The van der Waals surface area contributed by atoms with Crippen LogP contribution < -0.4 is 5.32 Å². The maximum absolute atomic E-state index is 13.1. The number of amides is 1. The number of nitrogens with one attached hydrogen (secondary N) is 1. The van der Waals surface area contributed by atoms with Gasteiger partial charge in [-0.2, -0.15) is 0 Å². The molecule has 0 saturated heterocycles. The molecule has 1 heterocycles. The Bertz CT molecular complexity index is 1090. The Balaban J connectivity index is 1.59. The zero-order valence-corrected chi connectivity index (χ0v) is 14.1.